The lowest BCUT2D eigenvalue weighted by Crippen LogP contribution is -2.25. The lowest BCUT2D eigenvalue weighted by molar-refractivity contribution is 0.164. The van der Waals surface area contributed by atoms with Crippen molar-refractivity contribution in [1.82, 2.24) is 6.15 Å². The van der Waals surface area contributed by atoms with Gasteiger partial charge in [-0.25, -0.2) is 0 Å². The highest BCUT2D eigenvalue weighted by Gasteiger charge is 2.18. The SMILES string of the molecule is CC(O)C(C)(C)Br.N. The first-order valence-corrected chi connectivity index (χ1v) is 3.11. The normalized spacial score (nSPS) is 14.6. The molecule has 0 aromatic carbocycles. The average Bonchev–Trinajstić information content (AvgIpc) is 1.31. The summed E-state index contributed by atoms with van der Waals surface area (Å²) >= 11 is 3.29. The van der Waals surface area contributed by atoms with Crippen LogP contribution >= 0.6 is 15.9 Å². The van der Waals surface area contributed by atoms with Crippen molar-refractivity contribution in [2.45, 2.75) is 31.2 Å². The fourth-order valence-corrected chi connectivity index (χ4v) is 0. The zero-order valence-corrected chi connectivity index (χ0v) is 7.20. The van der Waals surface area contributed by atoms with Crippen molar-refractivity contribution in [2.24, 2.45) is 0 Å². The maximum Gasteiger partial charge on any atom is 0.0659 e. The molecular formula is C5H14BrNO. The van der Waals surface area contributed by atoms with E-state index >= 15 is 0 Å². The molecule has 0 aliphatic rings. The fraction of sp³-hybridized carbons (Fsp3) is 1.00. The maximum absolute atomic E-state index is 8.84. The molecule has 0 aliphatic heterocycles. The third-order valence-electron chi connectivity index (χ3n) is 0.993. The fourth-order valence-electron chi connectivity index (χ4n) is 0. The lowest BCUT2D eigenvalue weighted by Gasteiger charge is -2.18. The number of aliphatic hydroxyl groups is 1. The summed E-state index contributed by atoms with van der Waals surface area (Å²) < 4.78 is -0.132. The van der Waals surface area contributed by atoms with E-state index < -0.39 is 0 Å². The third kappa shape index (κ3) is 4.56. The van der Waals surface area contributed by atoms with Crippen molar-refractivity contribution in [3.05, 3.63) is 0 Å². The second-order valence-corrected chi connectivity index (χ2v) is 4.28. The summed E-state index contributed by atoms with van der Waals surface area (Å²) in [7, 11) is 0. The van der Waals surface area contributed by atoms with Gasteiger partial charge in [-0.15, -0.1) is 0 Å². The van der Waals surface area contributed by atoms with Crippen molar-refractivity contribution in [3.63, 3.8) is 0 Å². The standard InChI is InChI=1S/C5H11BrO.H3N/c1-4(7)5(2,3)6;/h4,7H,1-3H3;1H3. The maximum atomic E-state index is 8.84. The van der Waals surface area contributed by atoms with Crippen LogP contribution in [-0.4, -0.2) is 15.5 Å². The van der Waals surface area contributed by atoms with Gasteiger partial charge >= 0.3 is 0 Å². The van der Waals surface area contributed by atoms with E-state index in [1.165, 1.54) is 0 Å². The number of hydrogen-bond donors (Lipinski definition) is 2. The lowest BCUT2D eigenvalue weighted by atomic mass is 10.1. The van der Waals surface area contributed by atoms with Gasteiger partial charge in [0.25, 0.3) is 0 Å². The van der Waals surface area contributed by atoms with Crippen LogP contribution in [0.3, 0.4) is 0 Å². The predicted octanol–water partition coefficient (Wildman–Crippen LogP) is 1.70. The van der Waals surface area contributed by atoms with Crippen LogP contribution in [0.1, 0.15) is 20.8 Å². The van der Waals surface area contributed by atoms with Crippen LogP contribution in [0.15, 0.2) is 0 Å². The van der Waals surface area contributed by atoms with Crippen LogP contribution in [0.4, 0.5) is 0 Å². The van der Waals surface area contributed by atoms with Crippen molar-refractivity contribution in [3.8, 4) is 0 Å². The number of hydrogen-bond acceptors (Lipinski definition) is 2. The molecule has 2 nitrogen and oxygen atoms in total. The first-order chi connectivity index (χ1) is 2.94. The minimum Gasteiger partial charge on any atom is -0.392 e. The van der Waals surface area contributed by atoms with Crippen LogP contribution in [0.2, 0.25) is 0 Å². The molecule has 0 saturated carbocycles. The summed E-state index contributed by atoms with van der Waals surface area (Å²) in [6, 6.07) is 0. The van der Waals surface area contributed by atoms with E-state index in [0.29, 0.717) is 0 Å². The highest BCUT2D eigenvalue weighted by Crippen LogP contribution is 2.19. The van der Waals surface area contributed by atoms with Crippen LogP contribution in [0.25, 0.3) is 0 Å². The molecule has 0 radical (unpaired) electrons. The molecule has 0 saturated heterocycles. The minimum absolute atomic E-state index is 0. The molecule has 0 aliphatic carbocycles. The third-order valence-corrected chi connectivity index (χ3v) is 1.66. The summed E-state index contributed by atoms with van der Waals surface area (Å²) in [6.07, 6.45) is -0.285. The molecule has 4 N–H and O–H groups in total. The van der Waals surface area contributed by atoms with Gasteiger partial charge < -0.3 is 11.3 Å². The zero-order valence-electron chi connectivity index (χ0n) is 5.61. The number of alkyl halides is 1. The summed E-state index contributed by atoms with van der Waals surface area (Å²) in [5, 5.41) is 8.84. The van der Waals surface area contributed by atoms with Gasteiger partial charge in [-0.1, -0.05) is 15.9 Å². The molecule has 0 fully saturated rings. The smallest absolute Gasteiger partial charge is 0.0659 e. The van der Waals surface area contributed by atoms with Crippen molar-refractivity contribution in [1.29, 1.82) is 0 Å². The van der Waals surface area contributed by atoms with Crippen molar-refractivity contribution >= 4 is 15.9 Å². The second kappa shape index (κ2) is 3.43. The van der Waals surface area contributed by atoms with Crippen molar-refractivity contribution < 1.29 is 5.11 Å². The molecule has 0 aromatic heterocycles. The summed E-state index contributed by atoms with van der Waals surface area (Å²) in [5.41, 5.74) is 0. The summed E-state index contributed by atoms with van der Waals surface area (Å²) in [5.74, 6) is 0. The first kappa shape index (κ1) is 11.2. The number of aliphatic hydroxyl groups excluding tert-OH is 1. The zero-order chi connectivity index (χ0) is 6.08. The van der Waals surface area contributed by atoms with Crippen molar-refractivity contribution in [2.75, 3.05) is 0 Å². The van der Waals surface area contributed by atoms with Crippen LogP contribution in [0, 0.1) is 0 Å². The molecule has 0 aromatic rings. The van der Waals surface area contributed by atoms with Crippen LogP contribution < -0.4 is 6.15 Å². The molecule has 8 heavy (non-hydrogen) atoms. The van der Waals surface area contributed by atoms with Gasteiger partial charge in [-0.3, -0.25) is 0 Å². The molecule has 0 rings (SSSR count). The van der Waals surface area contributed by atoms with Gasteiger partial charge in [-0.2, -0.15) is 0 Å². The monoisotopic (exact) mass is 183 g/mol. The van der Waals surface area contributed by atoms with Crippen LogP contribution in [-0.2, 0) is 0 Å². The molecule has 0 bridgehead atoms. The first-order valence-electron chi connectivity index (χ1n) is 2.31. The van der Waals surface area contributed by atoms with E-state index in [0.717, 1.165) is 0 Å². The van der Waals surface area contributed by atoms with Gasteiger partial charge in [0.05, 0.1) is 6.10 Å². The molecular weight excluding hydrogens is 170 g/mol. The topological polar surface area (TPSA) is 55.2 Å². The molecule has 3 heteroatoms. The Morgan fingerprint density at radius 2 is 1.62 bits per heavy atom. The molecule has 0 spiro atoms. The van der Waals surface area contributed by atoms with E-state index in [1.807, 2.05) is 13.8 Å². The predicted molar refractivity (Wildman–Crippen MR) is 39.7 cm³/mol. The van der Waals surface area contributed by atoms with E-state index in [9.17, 15) is 0 Å². The Balaban J connectivity index is 0. The van der Waals surface area contributed by atoms with Gasteiger partial charge in [0.1, 0.15) is 0 Å². The molecule has 1 unspecified atom stereocenters. The van der Waals surface area contributed by atoms with E-state index in [2.05, 4.69) is 15.9 Å². The average molecular weight is 184 g/mol. The Morgan fingerprint density at radius 3 is 1.62 bits per heavy atom. The molecule has 0 heterocycles. The van der Waals surface area contributed by atoms with Gasteiger partial charge in [0, 0.05) is 4.32 Å². The van der Waals surface area contributed by atoms with E-state index in [1.54, 1.807) is 6.92 Å². The quantitative estimate of drug-likeness (QED) is 0.609. The number of rotatable bonds is 1. The molecule has 1 atom stereocenters. The van der Waals surface area contributed by atoms with Gasteiger partial charge in [-0.05, 0) is 20.8 Å². The molecule has 0 amide bonds. The highest BCUT2D eigenvalue weighted by molar-refractivity contribution is 9.10. The number of halogens is 1. The Bertz CT molecular complexity index is 57.9. The van der Waals surface area contributed by atoms with E-state index in [4.69, 9.17) is 5.11 Å². The summed E-state index contributed by atoms with van der Waals surface area (Å²) in [4.78, 5) is 0. The van der Waals surface area contributed by atoms with Gasteiger partial charge in [0.2, 0.25) is 0 Å². The largest absolute Gasteiger partial charge is 0.392 e. The Labute approximate surface area is 59.0 Å². The minimum atomic E-state index is -0.285. The Kier molecular flexibility index (Phi) is 4.82. The van der Waals surface area contributed by atoms with E-state index in [-0.39, 0.29) is 16.6 Å². The second-order valence-electron chi connectivity index (χ2n) is 2.24. The summed E-state index contributed by atoms with van der Waals surface area (Å²) in [6.45, 7) is 5.62. The highest BCUT2D eigenvalue weighted by atomic mass is 79.9. The van der Waals surface area contributed by atoms with Gasteiger partial charge in [0.15, 0.2) is 0 Å². The molecule has 52 valence electrons. The van der Waals surface area contributed by atoms with Crippen LogP contribution in [0.5, 0.6) is 0 Å². The Hall–Kier alpha value is 0.400. The Morgan fingerprint density at radius 1 is 1.50 bits per heavy atom.